The molecule has 2 atom stereocenters. The monoisotopic (exact) mass is 423 g/mol. The zero-order valence-corrected chi connectivity index (χ0v) is 17.6. The SMILES string of the molecule is CC1Cc2ccsc2C(C)N1CCCCNS(=O)(=O)c1ccc([N+](=O)[O-])cc1. The van der Waals surface area contributed by atoms with Crippen LogP contribution in [-0.2, 0) is 16.4 Å². The van der Waals surface area contributed by atoms with Crippen molar-refractivity contribution < 1.29 is 13.3 Å². The Morgan fingerprint density at radius 3 is 2.61 bits per heavy atom. The lowest BCUT2D eigenvalue weighted by Gasteiger charge is -2.39. The molecule has 0 spiro atoms. The topological polar surface area (TPSA) is 92.6 Å². The predicted molar refractivity (Wildman–Crippen MR) is 110 cm³/mol. The maximum absolute atomic E-state index is 12.3. The van der Waals surface area contributed by atoms with Gasteiger partial charge in [0.1, 0.15) is 0 Å². The highest BCUT2D eigenvalue weighted by Gasteiger charge is 2.29. The number of non-ortho nitro benzene ring substituents is 1. The van der Waals surface area contributed by atoms with Crippen molar-refractivity contribution >= 4 is 27.0 Å². The summed E-state index contributed by atoms with van der Waals surface area (Å²) < 4.78 is 27.2. The number of hydrogen-bond acceptors (Lipinski definition) is 6. The van der Waals surface area contributed by atoms with Crippen molar-refractivity contribution in [3.8, 4) is 0 Å². The van der Waals surface area contributed by atoms with Crippen LogP contribution in [0.3, 0.4) is 0 Å². The molecule has 0 saturated carbocycles. The lowest BCUT2D eigenvalue weighted by molar-refractivity contribution is -0.384. The van der Waals surface area contributed by atoms with Crippen molar-refractivity contribution in [1.82, 2.24) is 9.62 Å². The van der Waals surface area contributed by atoms with Crippen LogP contribution in [-0.4, -0.2) is 37.4 Å². The minimum absolute atomic E-state index is 0.0431. The van der Waals surface area contributed by atoms with Crippen LogP contribution in [0.1, 0.15) is 43.2 Å². The fraction of sp³-hybridized carbons (Fsp3) is 0.474. The normalized spacial score (nSPS) is 20.1. The molecule has 0 amide bonds. The van der Waals surface area contributed by atoms with Crippen LogP contribution in [0, 0.1) is 10.1 Å². The molecule has 0 radical (unpaired) electrons. The lowest BCUT2D eigenvalue weighted by Crippen LogP contribution is -2.41. The van der Waals surface area contributed by atoms with E-state index in [0.29, 0.717) is 18.6 Å². The van der Waals surface area contributed by atoms with E-state index < -0.39 is 14.9 Å². The Bertz CT molecular complexity index is 925. The molecular weight excluding hydrogens is 398 g/mol. The van der Waals surface area contributed by atoms with Crippen LogP contribution in [0.15, 0.2) is 40.6 Å². The summed E-state index contributed by atoms with van der Waals surface area (Å²) in [5.41, 5.74) is 1.33. The average Bonchev–Trinajstić information content (AvgIpc) is 3.12. The van der Waals surface area contributed by atoms with Crippen LogP contribution in [0.2, 0.25) is 0 Å². The lowest BCUT2D eigenvalue weighted by atomic mass is 9.96. The number of rotatable bonds is 8. The maximum Gasteiger partial charge on any atom is 0.269 e. The molecule has 152 valence electrons. The van der Waals surface area contributed by atoms with Gasteiger partial charge in [0.05, 0.1) is 9.82 Å². The zero-order chi connectivity index (χ0) is 20.3. The first kappa shape index (κ1) is 20.9. The Morgan fingerprint density at radius 1 is 1.21 bits per heavy atom. The Labute approximate surface area is 169 Å². The number of thiophene rings is 1. The third-order valence-electron chi connectivity index (χ3n) is 5.23. The molecule has 1 aromatic heterocycles. The highest BCUT2D eigenvalue weighted by Crippen LogP contribution is 2.36. The molecule has 2 unspecified atom stereocenters. The summed E-state index contributed by atoms with van der Waals surface area (Å²) >= 11 is 1.81. The highest BCUT2D eigenvalue weighted by atomic mass is 32.2. The fourth-order valence-corrected chi connectivity index (χ4v) is 5.81. The third-order valence-corrected chi connectivity index (χ3v) is 7.84. The first-order chi connectivity index (χ1) is 13.3. The molecule has 0 saturated heterocycles. The first-order valence-electron chi connectivity index (χ1n) is 9.35. The number of hydrogen-bond donors (Lipinski definition) is 1. The maximum atomic E-state index is 12.3. The average molecular weight is 424 g/mol. The molecule has 3 rings (SSSR count). The number of nitro groups is 1. The van der Waals surface area contributed by atoms with E-state index in [1.165, 1.54) is 34.7 Å². The molecule has 0 fully saturated rings. The number of unbranched alkanes of at least 4 members (excludes halogenated alkanes) is 1. The van der Waals surface area contributed by atoms with Gasteiger partial charge < -0.3 is 0 Å². The molecule has 2 aromatic rings. The van der Waals surface area contributed by atoms with Crippen molar-refractivity contribution in [3.05, 3.63) is 56.3 Å². The summed E-state index contributed by atoms with van der Waals surface area (Å²) in [5, 5.41) is 12.8. The molecule has 7 nitrogen and oxygen atoms in total. The van der Waals surface area contributed by atoms with Gasteiger partial charge in [0.25, 0.3) is 5.69 Å². The van der Waals surface area contributed by atoms with E-state index >= 15 is 0 Å². The molecule has 1 N–H and O–H groups in total. The van der Waals surface area contributed by atoms with Gasteiger partial charge in [-0.25, -0.2) is 13.1 Å². The molecule has 9 heteroatoms. The van der Waals surface area contributed by atoms with Crippen LogP contribution < -0.4 is 4.72 Å². The van der Waals surface area contributed by atoms with E-state index in [-0.39, 0.29) is 10.6 Å². The fourth-order valence-electron chi connectivity index (χ4n) is 3.72. The van der Waals surface area contributed by atoms with Crippen molar-refractivity contribution in [2.75, 3.05) is 13.1 Å². The number of nitro benzene ring substituents is 1. The number of fused-ring (bicyclic) bond motifs is 1. The van der Waals surface area contributed by atoms with Crippen LogP contribution in [0.4, 0.5) is 5.69 Å². The zero-order valence-electron chi connectivity index (χ0n) is 16.0. The second-order valence-electron chi connectivity index (χ2n) is 7.13. The van der Waals surface area contributed by atoms with E-state index in [4.69, 9.17) is 0 Å². The Hall–Kier alpha value is -1.81. The second kappa shape index (κ2) is 8.69. The minimum Gasteiger partial charge on any atom is -0.293 e. The van der Waals surface area contributed by atoms with Gasteiger partial charge in [0.2, 0.25) is 10.0 Å². The highest BCUT2D eigenvalue weighted by molar-refractivity contribution is 7.89. The van der Waals surface area contributed by atoms with E-state index in [2.05, 4.69) is 34.9 Å². The van der Waals surface area contributed by atoms with Crippen molar-refractivity contribution in [3.63, 3.8) is 0 Å². The van der Waals surface area contributed by atoms with Crippen molar-refractivity contribution in [1.29, 1.82) is 0 Å². The molecule has 1 aliphatic rings. The van der Waals surface area contributed by atoms with Gasteiger partial charge in [-0.2, -0.15) is 0 Å². The predicted octanol–water partition coefficient (Wildman–Crippen LogP) is 3.72. The summed E-state index contributed by atoms with van der Waals surface area (Å²) in [6.45, 7) is 5.76. The number of nitrogens with zero attached hydrogens (tertiary/aromatic N) is 2. The molecule has 2 heterocycles. The van der Waals surface area contributed by atoms with Gasteiger partial charge in [-0.15, -0.1) is 11.3 Å². The largest absolute Gasteiger partial charge is 0.293 e. The van der Waals surface area contributed by atoms with Gasteiger partial charge in [0.15, 0.2) is 0 Å². The first-order valence-corrected chi connectivity index (χ1v) is 11.7. The van der Waals surface area contributed by atoms with Crippen LogP contribution in [0.5, 0.6) is 0 Å². The van der Waals surface area contributed by atoms with Crippen molar-refractivity contribution in [2.24, 2.45) is 0 Å². The molecule has 0 bridgehead atoms. The number of nitrogens with one attached hydrogen (secondary N) is 1. The Morgan fingerprint density at radius 2 is 1.93 bits per heavy atom. The van der Waals surface area contributed by atoms with Crippen LogP contribution in [0.25, 0.3) is 0 Å². The Kier molecular flexibility index (Phi) is 6.49. The Balaban J connectivity index is 1.47. The standard InChI is InChI=1S/C19H25N3O4S2/c1-14-13-16-9-12-27-19(16)15(2)21(14)11-4-3-10-20-28(25,26)18-7-5-17(6-8-18)22(23)24/h5-9,12,14-15,20H,3-4,10-11,13H2,1-2H3. The van der Waals surface area contributed by atoms with Gasteiger partial charge in [-0.3, -0.25) is 15.0 Å². The number of sulfonamides is 1. The van der Waals surface area contributed by atoms with Crippen molar-refractivity contribution in [2.45, 2.75) is 50.1 Å². The molecule has 1 aromatic carbocycles. The van der Waals surface area contributed by atoms with Gasteiger partial charge in [-0.05, 0) is 68.8 Å². The number of benzene rings is 1. The summed E-state index contributed by atoms with van der Waals surface area (Å²) in [7, 11) is -3.65. The van der Waals surface area contributed by atoms with E-state index in [9.17, 15) is 18.5 Å². The summed E-state index contributed by atoms with van der Waals surface area (Å²) in [5.74, 6) is 0. The molecule has 1 aliphatic heterocycles. The van der Waals surface area contributed by atoms with Gasteiger partial charge in [0, 0.05) is 35.6 Å². The summed E-state index contributed by atoms with van der Waals surface area (Å²) in [4.78, 5) is 14.1. The van der Waals surface area contributed by atoms with E-state index in [1.54, 1.807) is 0 Å². The summed E-state index contributed by atoms with van der Waals surface area (Å²) in [6, 6.07) is 8.02. The molecular formula is C19H25N3O4S2. The van der Waals surface area contributed by atoms with Gasteiger partial charge >= 0.3 is 0 Å². The molecule has 0 aliphatic carbocycles. The summed E-state index contributed by atoms with van der Waals surface area (Å²) in [6.07, 6.45) is 2.70. The molecule has 28 heavy (non-hydrogen) atoms. The third kappa shape index (κ3) is 4.60. The quantitative estimate of drug-likeness (QED) is 0.397. The van der Waals surface area contributed by atoms with Gasteiger partial charge in [-0.1, -0.05) is 0 Å². The minimum atomic E-state index is -3.65. The second-order valence-corrected chi connectivity index (χ2v) is 9.85. The van der Waals surface area contributed by atoms with E-state index in [1.807, 2.05) is 11.3 Å². The van der Waals surface area contributed by atoms with Crippen LogP contribution >= 0.6 is 11.3 Å². The van der Waals surface area contributed by atoms with E-state index in [0.717, 1.165) is 25.8 Å². The smallest absolute Gasteiger partial charge is 0.269 e.